The molecule has 1 aliphatic heterocycles. The summed E-state index contributed by atoms with van der Waals surface area (Å²) in [6.07, 6.45) is 0. The second kappa shape index (κ2) is 8.73. The van der Waals surface area contributed by atoms with E-state index >= 15 is 0 Å². The van der Waals surface area contributed by atoms with Gasteiger partial charge in [-0.1, -0.05) is 28.9 Å². The van der Waals surface area contributed by atoms with Crippen molar-refractivity contribution in [2.45, 2.75) is 11.4 Å². The van der Waals surface area contributed by atoms with Crippen LogP contribution in [0.2, 0.25) is 5.02 Å². The highest BCUT2D eigenvalue weighted by Gasteiger charge is 2.29. The van der Waals surface area contributed by atoms with E-state index in [9.17, 15) is 8.42 Å². The molecule has 8 nitrogen and oxygen atoms in total. The van der Waals surface area contributed by atoms with Crippen LogP contribution in [0.5, 0.6) is 5.75 Å². The molecule has 0 radical (unpaired) electrons. The molecule has 0 atom stereocenters. The van der Waals surface area contributed by atoms with Gasteiger partial charge in [0.25, 0.3) is 5.89 Å². The number of aromatic nitrogens is 2. The van der Waals surface area contributed by atoms with Gasteiger partial charge in [-0.2, -0.15) is 9.29 Å². The molecule has 0 unspecified atom stereocenters. The summed E-state index contributed by atoms with van der Waals surface area (Å²) in [4.78, 5) is 6.78. The van der Waals surface area contributed by atoms with E-state index < -0.39 is 10.0 Å². The van der Waals surface area contributed by atoms with Crippen molar-refractivity contribution < 1.29 is 17.7 Å². The first-order chi connectivity index (χ1) is 14.5. The molecule has 1 saturated heterocycles. The zero-order chi connectivity index (χ0) is 21.1. The Morgan fingerprint density at radius 3 is 2.43 bits per heavy atom. The number of piperazine rings is 1. The normalized spacial score (nSPS) is 15.9. The fourth-order valence-corrected chi connectivity index (χ4v) is 4.93. The number of hydrogen-bond donors (Lipinski definition) is 0. The van der Waals surface area contributed by atoms with Crippen molar-refractivity contribution in [2.75, 3.05) is 33.3 Å². The van der Waals surface area contributed by atoms with Crippen molar-refractivity contribution in [3.8, 4) is 17.2 Å². The van der Waals surface area contributed by atoms with E-state index in [1.54, 1.807) is 37.4 Å². The number of halogens is 1. The molecule has 30 heavy (non-hydrogen) atoms. The topological polar surface area (TPSA) is 88.8 Å². The monoisotopic (exact) mass is 448 g/mol. The Morgan fingerprint density at radius 2 is 1.77 bits per heavy atom. The van der Waals surface area contributed by atoms with E-state index in [1.165, 1.54) is 4.31 Å². The van der Waals surface area contributed by atoms with Crippen molar-refractivity contribution in [2.24, 2.45) is 0 Å². The van der Waals surface area contributed by atoms with E-state index in [0.717, 1.165) is 0 Å². The quantitative estimate of drug-likeness (QED) is 0.572. The van der Waals surface area contributed by atoms with E-state index in [0.29, 0.717) is 60.8 Å². The first kappa shape index (κ1) is 20.8. The fraction of sp³-hybridized carbons (Fsp3) is 0.300. The number of sulfonamides is 1. The highest BCUT2D eigenvalue weighted by atomic mass is 35.5. The van der Waals surface area contributed by atoms with Crippen molar-refractivity contribution in [1.29, 1.82) is 0 Å². The maximum Gasteiger partial charge on any atom is 0.259 e. The van der Waals surface area contributed by atoms with Gasteiger partial charge in [0.1, 0.15) is 5.75 Å². The molecule has 3 aromatic rings. The van der Waals surface area contributed by atoms with Crippen molar-refractivity contribution in [3.63, 3.8) is 0 Å². The number of rotatable bonds is 6. The van der Waals surface area contributed by atoms with Gasteiger partial charge in [-0.15, -0.1) is 0 Å². The second-order valence-corrected chi connectivity index (χ2v) is 9.20. The lowest BCUT2D eigenvalue weighted by atomic mass is 10.2. The molecular weight excluding hydrogens is 428 g/mol. The number of benzene rings is 2. The smallest absolute Gasteiger partial charge is 0.259 e. The zero-order valence-electron chi connectivity index (χ0n) is 16.4. The molecule has 10 heteroatoms. The summed E-state index contributed by atoms with van der Waals surface area (Å²) in [5, 5.41) is 4.58. The van der Waals surface area contributed by atoms with Crippen LogP contribution in [0.15, 0.2) is 57.9 Å². The lowest BCUT2D eigenvalue weighted by Gasteiger charge is -2.33. The van der Waals surface area contributed by atoms with Gasteiger partial charge >= 0.3 is 0 Å². The Bertz CT molecular complexity index is 1110. The minimum absolute atomic E-state index is 0.263. The Balaban J connectivity index is 1.37. The van der Waals surface area contributed by atoms with Crippen LogP contribution in [0.3, 0.4) is 0 Å². The first-order valence-electron chi connectivity index (χ1n) is 9.41. The van der Waals surface area contributed by atoms with Crippen molar-refractivity contribution >= 4 is 21.6 Å². The van der Waals surface area contributed by atoms with Gasteiger partial charge in [-0.3, -0.25) is 4.90 Å². The molecule has 1 aromatic heterocycles. The Hall–Kier alpha value is -2.46. The number of hydrogen-bond acceptors (Lipinski definition) is 7. The summed E-state index contributed by atoms with van der Waals surface area (Å²) in [7, 11) is -1.99. The highest BCUT2D eigenvalue weighted by molar-refractivity contribution is 7.89. The van der Waals surface area contributed by atoms with E-state index in [4.69, 9.17) is 20.9 Å². The predicted molar refractivity (Wildman–Crippen MR) is 112 cm³/mol. The Morgan fingerprint density at radius 1 is 1.07 bits per heavy atom. The third kappa shape index (κ3) is 4.34. The lowest BCUT2D eigenvalue weighted by Crippen LogP contribution is -2.48. The van der Waals surface area contributed by atoms with Crippen LogP contribution >= 0.6 is 11.6 Å². The number of nitrogens with zero attached hydrogens (tertiary/aromatic N) is 4. The molecule has 0 saturated carbocycles. The zero-order valence-corrected chi connectivity index (χ0v) is 17.9. The van der Waals surface area contributed by atoms with Crippen LogP contribution in [0.1, 0.15) is 5.82 Å². The molecule has 0 aliphatic carbocycles. The Labute approximate surface area is 180 Å². The van der Waals surface area contributed by atoms with Crippen LogP contribution in [0.25, 0.3) is 11.5 Å². The molecule has 0 spiro atoms. The van der Waals surface area contributed by atoms with Crippen molar-refractivity contribution in [1.82, 2.24) is 19.3 Å². The van der Waals surface area contributed by atoms with Gasteiger partial charge in [0.2, 0.25) is 10.0 Å². The summed E-state index contributed by atoms with van der Waals surface area (Å²) >= 11 is 6.18. The van der Waals surface area contributed by atoms with E-state index in [-0.39, 0.29) is 4.90 Å². The fourth-order valence-electron chi connectivity index (χ4n) is 3.29. The summed E-state index contributed by atoms with van der Waals surface area (Å²) < 4.78 is 37.6. The molecule has 0 bridgehead atoms. The van der Waals surface area contributed by atoms with E-state index in [1.807, 2.05) is 18.2 Å². The van der Waals surface area contributed by atoms with Gasteiger partial charge in [0, 0.05) is 26.2 Å². The largest absolute Gasteiger partial charge is 0.497 e. The van der Waals surface area contributed by atoms with Crippen LogP contribution in [0.4, 0.5) is 0 Å². The number of ether oxygens (including phenoxy) is 1. The summed E-state index contributed by atoms with van der Waals surface area (Å²) in [5.41, 5.74) is 0.688. The van der Waals surface area contributed by atoms with Crippen LogP contribution in [-0.2, 0) is 16.6 Å². The molecule has 0 N–H and O–H groups in total. The van der Waals surface area contributed by atoms with Gasteiger partial charge < -0.3 is 9.26 Å². The molecule has 2 heterocycles. The first-order valence-corrected chi connectivity index (χ1v) is 11.2. The predicted octanol–water partition coefficient (Wildman–Crippen LogP) is 2.91. The van der Waals surface area contributed by atoms with Crippen LogP contribution in [0, 0.1) is 0 Å². The molecule has 1 fully saturated rings. The number of methoxy groups -OCH3 is 1. The second-order valence-electron chi connectivity index (χ2n) is 6.85. The highest BCUT2D eigenvalue weighted by Crippen LogP contribution is 2.26. The molecule has 158 valence electrons. The van der Waals surface area contributed by atoms with Gasteiger partial charge in [-0.25, -0.2) is 8.42 Å². The van der Waals surface area contributed by atoms with Gasteiger partial charge in [0.15, 0.2) is 5.82 Å². The average molecular weight is 449 g/mol. The minimum Gasteiger partial charge on any atom is -0.497 e. The summed E-state index contributed by atoms with van der Waals surface area (Å²) in [6, 6.07) is 13.7. The molecule has 1 aliphatic rings. The molecule has 4 rings (SSSR count). The summed E-state index contributed by atoms with van der Waals surface area (Å²) in [5.74, 6) is 1.53. The standard InChI is InChI=1S/C20H21ClN4O4S/c1-28-15-6-8-16(9-7-15)30(26,27)25-12-10-24(11-13-25)14-19-22-20(29-23-19)17-4-2-3-5-18(17)21/h2-9H,10-14H2,1H3. The third-order valence-electron chi connectivity index (χ3n) is 4.97. The minimum atomic E-state index is -3.53. The maximum absolute atomic E-state index is 12.9. The van der Waals surface area contributed by atoms with Crippen LogP contribution < -0.4 is 4.74 Å². The molecule has 2 aromatic carbocycles. The Kier molecular flexibility index (Phi) is 6.05. The molecule has 0 amide bonds. The molecular formula is C20H21ClN4O4S. The maximum atomic E-state index is 12.9. The average Bonchev–Trinajstić information content (AvgIpc) is 3.22. The van der Waals surface area contributed by atoms with E-state index in [2.05, 4.69) is 15.0 Å². The SMILES string of the molecule is COc1ccc(S(=O)(=O)N2CCN(Cc3noc(-c4ccccc4Cl)n3)CC2)cc1. The van der Waals surface area contributed by atoms with Gasteiger partial charge in [0.05, 0.1) is 29.1 Å². The lowest BCUT2D eigenvalue weighted by molar-refractivity contribution is 0.176. The van der Waals surface area contributed by atoms with Crippen molar-refractivity contribution in [3.05, 3.63) is 59.4 Å². The van der Waals surface area contributed by atoms with Gasteiger partial charge in [-0.05, 0) is 36.4 Å². The van der Waals surface area contributed by atoms with Crippen LogP contribution in [-0.4, -0.2) is 61.1 Å². The third-order valence-corrected chi connectivity index (χ3v) is 7.21. The summed E-state index contributed by atoms with van der Waals surface area (Å²) in [6.45, 7) is 2.41.